The highest BCUT2D eigenvalue weighted by molar-refractivity contribution is 5.87. The molecule has 0 aliphatic rings. The van der Waals surface area contributed by atoms with Gasteiger partial charge in [-0.3, -0.25) is 0 Å². The first kappa shape index (κ1) is 9.30. The van der Waals surface area contributed by atoms with E-state index in [9.17, 15) is 4.79 Å². The number of benzene rings is 1. The Bertz CT molecular complexity index is 354. The number of carboxylic acid groups (broad SMARTS) is 1. The lowest BCUT2D eigenvalue weighted by atomic mass is 10.1. The Morgan fingerprint density at radius 2 is 1.92 bits per heavy atom. The van der Waals surface area contributed by atoms with Gasteiger partial charge in [-0.25, -0.2) is 4.79 Å². The minimum atomic E-state index is -0.957. The lowest BCUT2D eigenvalue weighted by molar-refractivity contribution is 0.0697. The van der Waals surface area contributed by atoms with Crippen molar-refractivity contribution in [1.29, 1.82) is 0 Å². The molecule has 0 aliphatic heterocycles. The van der Waals surface area contributed by atoms with E-state index >= 15 is 0 Å². The molecular formula is C10H8O3. The summed E-state index contributed by atoms with van der Waals surface area (Å²) in [7, 11) is 0. The van der Waals surface area contributed by atoms with E-state index in [0.29, 0.717) is 5.56 Å². The van der Waals surface area contributed by atoms with Crippen molar-refractivity contribution in [2.24, 2.45) is 0 Å². The van der Waals surface area contributed by atoms with Crippen molar-refractivity contribution < 1.29 is 15.0 Å². The number of hydrogen-bond acceptors (Lipinski definition) is 2. The Labute approximate surface area is 75.6 Å². The summed E-state index contributed by atoms with van der Waals surface area (Å²) in [4.78, 5) is 10.5. The summed E-state index contributed by atoms with van der Waals surface area (Å²) < 4.78 is 0. The maximum absolute atomic E-state index is 10.5. The molecule has 13 heavy (non-hydrogen) atoms. The molecule has 0 saturated heterocycles. The smallest absolute Gasteiger partial charge is 0.335 e. The predicted molar refractivity (Wildman–Crippen MR) is 47.4 cm³/mol. The molecule has 66 valence electrons. The van der Waals surface area contributed by atoms with Gasteiger partial charge in [0.05, 0.1) is 5.56 Å². The van der Waals surface area contributed by atoms with Crippen LogP contribution in [0.4, 0.5) is 0 Å². The molecule has 0 unspecified atom stereocenters. The zero-order valence-corrected chi connectivity index (χ0v) is 6.82. The number of aliphatic hydroxyl groups is 1. The quantitative estimate of drug-likeness (QED) is 0.620. The fourth-order valence-electron chi connectivity index (χ4n) is 0.838. The molecule has 0 atom stereocenters. The molecular weight excluding hydrogens is 168 g/mol. The standard InChI is InChI=1S/C10H8O3/c11-7-1-2-8-3-5-9(6-4-8)10(12)13/h3-6,11H,7H2,(H,12,13). The van der Waals surface area contributed by atoms with E-state index in [2.05, 4.69) is 11.8 Å². The number of hydrogen-bond donors (Lipinski definition) is 2. The summed E-state index contributed by atoms with van der Waals surface area (Å²) in [5.74, 6) is 4.18. The van der Waals surface area contributed by atoms with Gasteiger partial charge in [-0.05, 0) is 24.3 Å². The van der Waals surface area contributed by atoms with Crippen LogP contribution in [0.3, 0.4) is 0 Å². The zero-order chi connectivity index (χ0) is 9.68. The number of aromatic carboxylic acids is 1. The Hall–Kier alpha value is -1.79. The number of aliphatic hydroxyl groups excluding tert-OH is 1. The van der Waals surface area contributed by atoms with Crippen LogP contribution in [0.25, 0.3) is 0 Å². The first-order valence-corrected chi connectivity index (χ1v) is 3.67. The van der Waals surface area contributed by atoms with Crippen LogP contribution < -0.4 is 0 Å². The summed E-state index contributed by atoms with van der Waals surface area (Å²) in [5.41, 5.74) is 0.925. The van der Waals surface area contributed by atoms with Gasteiger partial charge in [-0.15, -0.1) is 0 Å². The molecule has 0 amide bonds. The van der Waals surface area contributed by atoms with Gasteiger partial charge in [0.15, 0.2) is 0 Å². The highest BCUT2D eigenvalue weighted by Crippen LogP contribution is 2.02. The molecule has 2 N–H and O–H groups in total. The highest BCUT2D eigenvalue weighted by atomic mass is 16.4. The minimum Gasteiger partial charge on any atom is -0.478 e. The van der Waals surface area contributed by atoms with Crippen LogP contribution in [-0.2, 0) is 0 Å². The first-order chi connectivity index (χ1) is 6.24. The molecule has 0 spiro atoms. The van der Waals surface area contributed by atoms with Gasteiger partial charge in [-0.1, -0.05) is 11.8 Å². The van der Waals surface area contributed by atoms with Crippen LogP contribution in [0.15, 0.2) is 24.3 Å². The van der Waals surface area contributed by atoms with E-state index in [-0.39, 0.29) is 12.2 Å². The van der Waals surface area contributed by atoms with Crippen LogP contribution in [0, 0.1) is 11.8 Å². The molecule has 0 fully saturated rings. The number of rotatable bonds is 1. The SMILES string of the molecule is O=C(O)c1ccc(C#CCO)cc1. The van der Waals surface area contributed by atoms with Crippen molar-refractivity contribution in [3.63, 3.8) is 0 Å². The second-order valence-corrected chi connectivity index (χ2v) is 2.34. The molecule has 0 heterocycles. The van der Waals surface area contributed by atoms with Gasteiger partial charge < -0.3 is 10.2 Å². The van der Waals surface area contributed by atoms with E-state index in [1.165, 1.54) is 12.1 Å². The Morgan fingerprint density at radius 1 is 1.31 bits per heavy atom. The van der Waals surface area contributed by atoms with E-state index in [1.807, 2.05) is 0 Å². The molecule has 0 saturated carbocycles. The number of carboxylic acids is 1. The van der Waals surface area contributed by atoms with Gasteiger partial charge in [0.2, 0.25) is 0 Å². The van der Waals surface area contributed by atoms with Crippen molar-refractivity contribution in [3.05, 3.63) is 35.4 Å². The molecule has 0 aliphatic carbocycles. The third kappa shape index (κ3) is 2.62. The van der Waals surface area contributed by atoms with Gasteiger partial charge in [0.1, 0.15) is 6.61 Å². The topological polar surface area (TPSA) is 57.5 Å². The van der Waals surface area contributed by atoms with Gasteiger partial charge in [-0.2, -0.15) is 0 Å². The molecule has 0 aromatic heterocycles. The van der Waals surface area contributed by atoms with Crippen molar-refractivity contribution in [1.82, 2.24) is 0 Å². The summed E-state index contributed by atoms with van der Waals surface area (Å²) in [6, 6.07) is 6.16. The second-order valence-electron chi connectivity index (χ2n) is 2.34. The van der Waals surface area contributed by atoms with Gasteiger partial charge >= 0.3 is 5.97 Å². The molecule has 0 radical (unpaired) electrons. The van der Waals surface area contributed by atoms with Crippen LogP contribution >= 0.6 is 0 Å². The Balaban J connectivity index is 2.87. The van der Waals surface area contributed by atoms with Crippen molar-refractivity contribution in [2.75, 3.05) is 6.61 Å². The second kappa shape index (κ2) is 4.29. The third-order valence-corrected chi connectivity index (χ3v) is 1.44. The summed E-state index contributed by atoms with van der Waals surface area (Å²) in [6.45, 7) is -0.194. The predicted octanol–water partition coefficient (Wildman–Crippen LogP) is 0.729. The fourth-order valence-corrected chi connectivity index (χ4v) is 0.838. The normalized spacial score (nSPS) is 8.69. The molecule has 1 rings (SSSR count). The van der Waals surface area contributed by atoms with Crippen LogP contribution in [0.2, 0.25) is 0 Å². The van der Waals surface area contributed by atoms with Crippen LogP contribution in [0.5, 0.6) is 0 Å². The van der Waals surface area contributed by atoms with E-state index < -0.39 is 5.97 Å². The molecule has 1 aromatic carbocycles. The van der Waals surface area contributed by atoms with E-state index in [1.54, 1.807) is 12.1 Å². The van der Waals surface area contributed by atoms with Crippen molar-refractivity contribution in [3.8, 4) is 11.8 Å². The molecule has 1 aromatic rings. The van der Waals surface area contributed by atoms with Gasteiger partial charge in [0.25, 0.3) is 0 Å². The summed E-state index contributed by atoms with van der Waals surface area (Å²) >= 11 is 0. The Morgan fingerprint density at radius 3 is 2.38 bits per heavy atom. The lowest BCUT2D eigenvalue weighted by Crippen LogP contribution is -1.94. The average molecular weight is 176 g/mol. The van der Waals surface area contributed by atoms with Crippen LogP contribution in [0.1, 0.15) is 15.9 Å². The molecule has 0 bridgehead atoms. The average Bonchev–Trinajstić information content (AvgIpc) is 2.15. The largest absolute Gasteiger partial charge is 0.478 e. The first-order valence-electron chi connectivity index (χ1n) is 3.67. The molecule has 3 heteroatoms. The van der Waals surface area contributed by atoms with Crippen molar-refractivity contribution >= 4 is 5.97 Å². The monoisotopic (exact) mass is 176 g/mol. The van der Waals surface area contributed by atoms with E-state index in [0.717, 1.165) is 0 Å². The number of carbonyl (C=O) groups is 1. The molecule has 3 nitrogen and oxygen atoms in total. The maximum Gasteiger partial charge on any atom is 0.335 e. The highest BCUT2D eigenvalue weighted by Gasteiger charge is 1.99. The summed E-state index contributed by atoms with van der Waals surface area (Å²) in [5, 5.41) is 17.0. The van der Waals surface area contributed by atoms with E-state index in [4.69, 9.17) is 10.2 Å². The Kier molecular flexibility index (Phi) is 3.07. The minimum absolute atomic E-state index is 0.194. The van der Waals surface area contributed by atoms with Crippen molar-refractivity contribution in [2.45, 2.75) is 0 Å². The summed E-state index contributed by atoms with van der Waals surface area (Å²) in [6.07, 6.45) is 0. The maximum atomic E-state index is 10.5. The third-order valence-electron chi connectivity index (χ3n) is 1.44. The fraction of sp³-hybridized carbons (Fsp3) is 0.100. The van der Waals surface area contributed by atoms with Gasteiger partial charge in [0, 0.05) is 5.56 Å². The van der Waals surface area contributed by atoms with Crippen LogP contribution in [-0.4, -0.2) is 22.8 Å². The zero-order valence-electron chi connectivity index (χ0n) is 6.82. The lowest BCUT2D eigenvalue weighted by Gasteiger charge is -1.93.